The molecule has 8 rings (SSSR count). The minimum atomic E-state index is -0.544. The number of hydrogen-bond donors (Lipinski definition) is 2. The highest BCUT2D eigenvalue weighted by Crippen LogP contribution is 2.51. The number of anilines is 2. The summed E-state index contributed by atoms with van der Waals surface area (Å²) >= 11 is 0. The van der Waals surface area contributed by atoms with E-state index in [1.54, 1.807) is 15.6 Å². The van der Waals surface area contributed by atoms with Crippen molar-refractivity contribution in [1.82, 2.24) is 29.6 Å². The summed E-state index contributed by atoms with van der Waals surface area (Å²) in [4.78, 5) is 27.1. The third-order valence-electron chi connectivity index (χ3n) is 8.41. The van der Waals surface area contributed by atoms with E-state index in [2.05, 4.69) is 38.8 Å². The van der Waals surface area contributed by atoms with Crippen molar-refractivity contribution in [2.75, 3.05) is 18.5 Å². The van der Waals surface area contributed by atoms with Gasteiger partial charge < -0.3 is 15.1 Å². The van der Waals surface area contributed by atoms with Crippen molar-refractivity contribution in [1.29, 1.82) is 0 Å². The van der Waals surface area contributed by atoms with Gasteiger partial charge in [-0.2, -0.15) is 14.6 Å². The Balaban J connectivity index is 1.20. The van der Waals surface area contributed by atoms with Crippen molar-refractivity contribution in [2.24, 2.45) is 0 Å². The van der Waals surface area contributed by atoms with Gasteiger partial charge >= 0.3 is 6.01 Å². The second-order valence-corrected chi connectivity index (χ2v) is 10.9. The van der Waals surface area contributed by atoms with Crippen LogP contribution in [0, 0.1) is 0 Å². The number of benzene rings is 1. The standard InChI is InChI=1S/C26H26FN7O2/c27-13-25(5-6-25)20-12-36-24(31-20)34-21-18(22(35)33(34)17-2-3-17)11-29-23(32-21)30-16-1-4-19-15(9-16)10-28-14-26(19)7-8-26/h1,4,9,11-12,17,28H,2-3,5-8,10,13-14H2,(H,29,30,32). The minimum Gasteiger partial charge on any atom is -0.430 e. The van der Waals surface area contributed by atoms with Crippen LogP contribution in [-0.2, 0) is 17.4 Å². The minimum absolute atomic E-state index is 0.0670. The van der Waals surface area contributed by atoms with Crippen LogP contribution in [0.5, 0.6) is 0 Å². The van der Waals surface area contributed by atoms with Crippen molar-refractivity contribution in [2.45, 2.75) is 61.9 Å². The van der Waals surface area contributed by atoms with E-state index in [0.29, 0.717) is 28.1 Å². The van der Waals surface area contributed by atoms with Crippen molar-refractivity contribution >= 4 is 22.7 Å². The van der Waals surface area contributed by atoms with Crippen LogP contribution in [0.4, 0.5) is 16.0 Å². The second kappa shape index (κ2) is 7.03. The first-order chi connectivity index (χ1) is 17.6. The molecule has 1 spiro atoms. The van der Waals surface area contributed by atoms with Gasteiger partial charge in [0.05, 0.1) is 11.7 Å². The number of nitrogens with zero attached hydrogens (tertiary/aromatic N) is 5. The van der Waals surface area contributed by atoms with E-state index < -0.39 is 12.1 Å². The molecule has 3 fully saturated rings. The number of fused-ring (bicyclic) bond motifs is 3. The van der Waals surface area contributed by atoms with Gasteiger partial charge in [0.15, 0.2) is 5.65 Å². The fraction of sp³-hybridized carbons (Fsp3) is 0.462. The summed E-state index contributed by atoms with van der Waals surface area (Å²) in [5.41, 5.74) is 4.28. The quantitative estimate of drug-likeness (QED) is 0.427. The number of hydrogen-bond acceptors (Lipinski definition) is 7. The summed E-state index contributed by atoms with van der Waals surface area (Å²) in [5, 5.41) is 7.27. The lowest BCUT2D eigenvalue weighted by atomic mass is 9.88. The van der Waals surface area contributed by atoms with E-state index in [4.69, 9.17) is 9.40 Å². The first-order valence-corrected chi connectivity index (χ1v) is 12.7. The first-order valence-electron chi connectivity index (χ1n) is 12.7. The zero-order valence-corrected chi connectivity index (χ0v) is 19.8. The summed E-state index contributed by atoms with van der Waals surface area (Å²) in [5.74, 6) is 0.392. The Labute approximate surface area is 205 Å². The van der Waals surface area contributed by atoms with Gasteiger partial charge in [0, 0.05) is 35.8 Å². The highest BCUT2D eigenvalue weighted by Gasteiger charge is 2.48. The number of nitrogens with one attached hydrogen (secondary N) is 2. The Kier molecular flexibility index (Phi) is 4.03. The molecule has 3 aromatic heterocycles. The monoisotopic (exact) mass is 487 g/mol. The fourth-order valence-corrected chi connectivity index (χ4v) is 5.70. The van der Waals surface area contributed by atoms with Crippen molar-refractivity contribution in [3.05, 3.63) is 57.8 Å². The van der Waals surface area contributed by atoms with E-state index in [1.165, 1.54) is 30.2 Å². The van der Waals surface area contributed by atoms with Gasteiger partial charge in [0.25, 0.3) is 5.56 Å². The van der Waals surface area contributed by atoms with E-state index in [0.717, 1.165) is 44.5 Å². The van der Waals surface area contributed by atoms with Crippen molar-refractivity contribution < 1.29 is 8.81 Å². The molecule has 9 nitrogen and oxygen atoms in total. The molecule has 3 aliphatic carbocycles. The van der Waals surface area contributed by atoms with Gasteiger partial charge in [-0.3, -0.25) is 9.18 Å². The average Bonchev–Trinajstić information content (AvgIpc) is 3.83. The predicted molar refractivity (Wildman–Crippen MR) is 131 cm³/mol. The molecular formula is C26H26FN7O2. The highest BCUT2D eigenvalue weighted by molar-refractivity contribution is 5.76. The average molecular weight is 488 g/mol. The number of oxazole rings is 1. The Hall–Kier alpha value is -3.53. The largest absolute Gasteiger partial charge is 0.430 e. The summed E-state index contributed by atoms with van der Waals surface area (Å²) in [7, 11) is 0. The Morgan fingerprint density at radius 1 is 1.19 bits per heavy atom. The van der Waals surface area contributed by atoms with Crippen LogP contribution >= 0.6 is 0 Å². The molecule has 4 heterocycles. The molecule has 0 saturated heterocycles. The van der Waals surface area contributed by atoms with E-state index >= 15 is 0 Å². The molecule has 0 amide bonds. The van der Waals surface area contributed by atoms with Crippen LogP contribution in [0.15, 0.2) is 39.9 Å². The van der Waals surface area contributed by atoms with Gasteiger partial charge in [-0.25, -0.2) is 9.67 Å². The van der Waals surface area contributed by atoms with Crippen LogP contribution in [0.1, 0.15) is 61.4 Å². The molecule has 4 aromatic rings. The molecule has 0 atom stereocenters. The maximum atomic E-state index is 13.6. The molecular weight excluding hydrogens is 461 g/mol. The number of aromatic nitrogens is 5. The molecule has 4 aliphatic rings. The molecule has 36 heavy (non-hydrogen) atoms. The van der Waals surface area contributed by atoms with E-state index in [1.807, 2.05) is 0 Å². The molecule has 0 radical (unpaired) electrons. The number of rotatable bonds is 6. The molecule has 0 bridgehead atoms. The highest BCUT2D eigenvalue weighted by atomic mass is 19.1. The first kappa shape index (κ1) is 20.6. The van der Waals surface area contributed by atoms with E-state index in [-0.39, 0.29) is 17.6 Å². The molecule has 10 heteroatoms. The molecule has 184 valence electrons. The van der Waals surface area contributed by atoms with Gasteiger partial charge in [-0.15, -0.1) is 0 Å². The molecule has 3 saturated carbocycles. The lowest BCUT2D eigenvalue weighted by Crippen LogP contribution is -2.33. The maximum Gasteiger partial charge on any atom is 0.323 e. The van der Waals surface area contributed by atoms with Crippen LogP contribution < -0.4 is 16.2 Å². The maximum absolute atomic E-state index is 13.6. The smallest absolute Gasteiger partial charge is 0.323 e. The lowest BCUT2D eigenvalue weighted by molar-refractivity contribution is 0.411. The summed E-state index contributed by atoms with van der Waals surface area (Å²) in [6, 6.07) is 6.76. The predicted octanol–water partition coefficient (Wildman–Crippen LogP) is 3.78. The normalized spacial score (nSPS) is 21.0. The van der Waals surface area contributed by atoms with Crippen LogP contribution in [0.25, 0.3) is 17.0 Å². The van der Waals surface area contributed by atoms with Gasteiger partial charge in [-0.1, -0.05) is 6.07 Å². The van der Waals surface area contributed by atoms with Gasteiger partial charge in [0.2, 0.25) is 5.95 Å². The Morgan fingerprint density at radius 2 is 2.06 bits per heavy atom. The Bertz CT molecular complexity index is 1590. The SMILES string of the molecule is O=c1c2cnc(Nc3ccc4c(c3)CNCC43CC3)nc2n(-c2nc(C3(CF)CC3)co2)n1C1CC1. The summed E-state index contributed by atoms with van der Waals surface area (Å²) < 4.78 is 22.7. The molecule has 0 unspecified atom stereocenters. The summed E-state index contributed by atoms with van der Waals surface area (Å²) in [6.07, 6.45) is 8.88. The second-order valence-electron chi connectivity index (χ2n) is 10.9. The third-order valence-corrected chi connectivity index (χ3v) is 8.41. The number of alkyl halides is 1. The van der Waals surface area contributed by atoms with Gasteiger partial charge in [-0.05, 0) is 61.8 Å². The Morgan fingerprint density at radius 3 is 2.81 bits per heavy atom. The number of halogens is 1. The fourth-order valence-electron chi connectivity index (χ4n) is 5.70. The van der Waals surface area contributed by atoms with Crippen LogP contribution in [-0.4, -0.2) is 37.5 Å². The lowest BCUT2D eigenvalue weighted by Gasteiger charge is -2.26. The van der Waals surface area contributed by atoms with E-state index in [9.17, 15) is 9.18 Å². The van der Waals surface area contributed by atoms with Crippen LogP contribution in [0.2, 0.25) is 0 Å². The van der Waals surface area contributed by atoms with Crippen LogP contribution in [0.3, 0.4) is 0 Å². The molecule has 1 aliphatic heterocycles. The zero-order valence-electron chi connectivity index (χ0n) is 19.8. The zero-order chi connectivity index (χ0) is 24.1. The van der Waals surface area contributed by atoms with Gasteiger partial charge in [0.1, 0.15) is 18.3 Å². The topological polar surface area (TPSA) is 103 Å². The third kappa shape index (κ3) is 2.97. The molecule has 1 aromatic carbocycles. The molecule has 2 N–H and O–H groups in total. The van der Waals surface area contributed by atoms with Crippen molar-refractivity contribution in [3.63, 3.8) is 0 Å². The van der Waals surface area contributed by atoms with Crippen molar-refractivity contribution in [3.8, 4) is 6.01 Å². The summed E-state index contributed by atoms with van der Waals surface area (Å²) in [6.45, 7) is 1.44.